The number of carbonyl (C=O) groups excluding carboxylic acids is 2. The molecule has 0 aliphatic heterocycles. The van der Waals surface area contributed by atoms with Crippen LogP contribution in [0.3, 0.4) is 0 Å². The van der Waals surface area contributed by atoms with Gasteiger partial charge in [0.25, 0.3) is 0 Å². The van der Waals surface area contributed by atoms with Crippen LogP contribution in [0.4, 0.5) is 4.39 Å². The molecule has 5 rings (SSSR count). The highest BCUT2D eigenvalue weighted by molar-refractivity contribution is 7.14. The van der Waals surface area contributed by atoms with E-state index in [-0.39, 0.29) is 29.2 Å². The predicted octanol–water partition coefficient (Wildman–Crippen LogP) is 8.26. The van der Waals surface area contributed by atoms with E-state index in [9.17, 15) is 14.0 Å². The molecule has 39 heavy (non-hydrogen) atoms. The van der Waals surface area contributed by atoms with Crippen LogP contribution >= 0.6 is 11.3 Å². The van der Waals surface area contributed by atoms with Crippen LogP contribution in [0.15, 0.2) is 84.9 Å². The standard InChI is InChI=1S/C34H31FO3S/c1-21-7-9-24(10-8-21)33(37)31-20-26(23-11-14-27(35)15-12-23)19-30(31)29-6-4-5-25(34(29)38-3)13-16-28-17-18-32(39-28)22(2)36/h4-12,14-15,17-18,20,30-31H,13,16,19H2,1-3H3. The zero-order valence-corrected chi connectivity index (χ0v) is 23.2. The summed E-state index contributed by atoms with van der Waals surface area (Å²) in [6.07, 6.45) is 4.27. The van der Waals surface area contributed by atoms with Crippen LogP contribution in [0.25, 0.3) is 5.57 Å². The van der Waals surface area contributed by atoms with Crippen LogP contribution < -0.4 is 4.74 Å². The molecule has 1 aliphatic rings. The first-order valence-electron chi connectivity index (χ1n) is 13.2. The van der Waals surface area contributed by atoms with E-state index in [1.165, 1.54) is 23.5 Å². The van der Waals surface area contributed by atoms with Gasteiger partial charge in [-0.25, -0.2) is 4.39 Å². The Morgan fingerprint density at radius 1 is 0.949 bits per heavy atom. The van der Waals surface area contributed by atoms with Crippen LogP contribution in [0, 0.1) is 18.7 Å². The van der Waals surface area contributed by atoms with E-state index in [2.05, 4.69) is 18.2 Å². The fourth-order valence-electron chi connectivity index (χ4n) is 5.42. The molecule has 1 aliphatic carbocycles. The Morgan fingerprint density at radius 2 is 1.69 bits per heavy atom. The molecule has 0 saturated carbocycles. The summed E-state index contributed by atoms with van der Waals surface area (Å²) in [5.41, 5.74) is 5.82. The SMILES string of the molecule is COc1c(CCc2ccc(C(C)=O)s2)cccc1C1CC(c2ccc(F)cc2)=CC1C(=O)c1ccc(C)cc1. The second-order valence-corrected chi connectivity index (χ2v) is 11.3. The van der Waals surface area contributed by atoms with Gasteiger partial charge in [0.15, 0.2) is 11.6 Å². The van der Waals surface area contributed by atoms with E-state index in [0.717, 1.165) is 56.2 Å². The number of ether oxygens (including phenoxy) is 1. The van der Waals surface area contributed by atoms with Gasteiger partial charge in [0.2, 0.25) is 0 Å². The molecule has 0 N–H and O–H groups in total. The molecule has 2 atom stereocenters. The molecule has 198 valence electrons. The molecule has 0 saturated heterocycles. The average Bonchev–Trinajstić information content (AvgIpc) is 3.60. The predicted molar refractivity (Wildman–Crippen MR) is 155 cm³/mol. The largest absolute Gasteiger partial charge is 0.496 e. The van der Waals surface area contributed by atoms with Gasteiger partial charge in [0, 0.05) is 22.3 Å². The first-order valence-corrected chi connectivity index (χ1v) is 14.0. The van der Waals surface area contributed by atoms with Gasteiger partial charge in [-0.05, 0) is 79.6 Å². The molecule has 0 spiro atoms. The number of halogens is 1. The Morgan fingerprint density at radius 3 is 2.36 bits per heavy atom. The minimum Gasteiger partial charge on any atom is -0.496 e. The highest BCUT2D eigenvalue weighted by atomic mass is 32.1. The number of benzene rings is 3. The lowest BCUT2D eigenvalue weighted by Gasteiger charge is -2.23. The summed E-state index contributed by atoms with van der Waals surface area (Å²) in [6.45, 7) is 3.60. The number of thiophene rings is 1. The van der Waals surface area contributed by atoms with E-state index in [0.29, 0.717) is 12.0 Å². The van der Waals surface area contributed by atoms with Crippen LogP contribution in [-0.2, 0) is 12.8 Å². The van der Waals surface area contributed by atoms with E-state index in [4.69, 9.17) is 4.74 Å². The van der Waals surface area contributed by atoms with Gasteiger partial charge in [-0.1, -0.05) is 66.2 Å². The maximum Gasteiger partial charge on any atom is 0.170 e. The lowest BCUT2D eigenvalue weighted by Crippen LogP contribution is -2.18. The van der Waals surface area contributed by atoms with Crippen LogP contribution in [0.2, 0.25) is 0 Å². The Kier molecular flexibility index (Phi) is 7.89. The first kappa shape index (κ1) is 26.8. The van der Waals surface area contributed by atoms with Gasteiger partial charge in [-0.15, -0.1) is 11.3 Å². The fourth-order valence-corrected chi connectivity index (χ4v) is 6.32. The molecule has 1 aromatic heterocycles. The summed E-state index contributed by atoms with van der Waals surface area (Å²) in [6, 6.07) is 24.3. The van der Waals surface area contributed by atoms with Gasteiger partial charge < -0.3 is 4.74 Å². The number of Topliss-reactive ketones (excluding diaryl/α,β-unsaturated/α-hetero) is 2. The van der Waals surface area contributed by atoms with E-state index in [1.807, 2.05) is 49.4 Å². The molecule has 5 heteroatoms. The number of rotatable bonds is 9. The van der Waals surface area contributed by atoms with Gasteiger partial charge in [0.1, 0.15) is 11.6 Å². The number of carbonyl (C=O) groups is 2. The lowest BCUT2D eigenvalue weighted by atomic mass is 9.81. The number of hydrogen-bond donors (Lipinski definition) is 0. The van der Waals surface area contributed by atoms with E-state index < -0.39 is 0 Å². The van der Waals surface area contributed by atoms with E-state index in [1.54, 1.807) is 26.2 Å². The third kappa shape index (κ3) is 5.79. The molecular formula is C34H31FO3S. The monoisotopic (exact) mass is 538 g/mol. The zero-order chi connectivity index (χ0) is 27.5. The van der Waals surface area contributed by atoms with Gasteiger partial charge in [0.05, 0.1) is 12.0 Å². The summed E-state index contributed by atoms with van der Waals surface area (Å²) in [4.78, 5) is 27.5. The van der Waals surface area contributed by atoms with Crippen molar-refractivity contribution in [2.45, 2.75) is 39.0 Å². The van der Waals surface area contributed by atoms with Crippen LogP contribution in [0.5, 0.6) is 5.75 Å². The van der Waals surface area contributed by atoms with Gasteiger partial charge in [-0.3, -0.25) is 9.59 Å². The number of allylic oxidation sites excluding steroid dienone is 2. The summed E-state index contributed by atoms with van der Waals surface area (Å²) in [5.74, 6) is 0.200. The number of ketones is 2. The fraction of sp³-hybridized carbons (Fsp3) is 0.235. The summed E-state index contributed by atoms with van der Waals surface area (Å²) in [5, 5.41) is 0. The summed E-state index contributed by atoms with van der Waals surface area (Å²) >= 11 is 1.53. The average molecular weight is 539 g/mol. The van der Waals surface area contributed by atoms with Crippen molar-refractivity contribution in [3.05, 3.63) is 128 Å². The molecular weight excluding hydrogens is 507 g/mol. The molecule has 1 heterocycles. The normalized spacial score (nSPS) is 16.7. The molecule has 0 fully saturated rings. The van der Waals surface area contributed by atoms with Crippen molar-refractivity contribution in [1.29, 1.82) is 0 Å². The van der Waals surface area contributed by atoms with Crippen molar-refractivity contribution < 1.29 is 18.7 Å². The Labute approximate surface area is 233 Å². The van der Waals surface area contributed by atoms with Crippen molar-refractivity contribution in [3.8, 4) is 5.75 Å². The summed E-state index contributed by atoms with van der Waals surface area (Å²) in [7, 11) is 1.68. The highest BCUT2D eigenvalue weighted by Crippen LogP contribution is 2.47. The minimum absolute atomic E-state index is 0.0694. The highest BCUT2D eigenvalue weighted by Gasteiger charge is 2.36. The molecule has 4 aromatic rings. The van der Waals surface area contributed by atoms with Crippen molar-refractivity contribution in [2.24, 2.45) is 5.92 Å². The molecule has 0 bridgehead atoms. The topological polar surface area (TPSA) is 43.4 Å². The van der Waals surface area contributed by atoms with Crippen molar-refractivity contribution >= 4 is 28.5 Å². The number of hydrogen-bond acceptors (Lipinski definition) is 4. The van der Waals surface area contributed by atoms with Crippen molar-refractivity contribution in [3.63, 3.8) is 0 Å². The number of para-hydroxylation sites is 1. The number of methoxy groups -OCH3 is 1. The Balaban J connectivity index is 1.48. The first-order chi connectivity index (χ1) is 18.8. The molecule has 3 aromatic carbocycles. The second-order valence-electron chi connectivity index (χ2n) is 10.1. The van der Waals surface area contributed by atoms with Crippen LogP contribution in [-0.4, -0.2) is 18.7 Å². The molecule has 3 nitrogen and oxygen atoms in total. The van der Waals surface area contributed by atoms with Crippen LogP contribution in [0.1, 0.15) is 66.4 Å². The second kappa shape index (κ2) is 11.5. The van der Waals surface area contributed by atoms with Gasteiger partial charge >= 0.3 is 0 Å². The maximum atomic E-state index is 13.9. The zero-order valence-electron chi connectivity index (χ0n) is 22.4. The quantitative estimate of drug-likeness (QED) is 0.202. The summed E-state index contributed by atoms with van der Waals surface area (Å²) < 4.78 is 19.6. The van der Waals surface area contributed by atoms with E-state index >= 15 is 0 Å². The Bertz CT molecular complexity index is 1530. The molecule has 2 unspecified atom stereocenters. The molecule has 0 radical (unpaired) electrons. The molecule has 0 amide bonds. The third-order valence-corrected chi connectivity index (χ3v) is 8.73. The van der Waals surface area contributed by atoms with Crippen molar-refractivity contribution in [1.82, 2.24) is 0 Å². The lowest BCUT2D eigenvalue weighted by molar-refractivity contribution is 0.0933. The maximum absolute atomic E-state index is 13.9. The van der Waals surface area contributed by atoms with Gasteiger partial charge in [-0.2, -0.15) is 0 Å². The smallest absolute Gasteiger partial charge is 0.170 e. The Hall–Kier alpha value is -3.83. The minimum atomic E-state index is -0.368. The van der Waals surface area contributed by atoms with Crippen molar-refractivity contribution in [2.75, 3.05) is 7.11 Å². The third-order valence-electron chi connectivity index (χ3n) is 7.49. The number of aryl methyl sites for hydroxylation is 3.